The van der Waals surface area contributed by atoms with Gasteiger partial charge < -0.3 is 9.47 Å². The highest BCUT2D eigenvalue weighted by atomic mass is 32.1. The third kappa shape index (κ3) is 2.61. The summed E-state index contributed by atoms with van der Waals surface area (Å²) < 4.78 is 9.31. The van der Waals surface area contributed by atoms with E-state index in [1.54, 1.807) is 12.1 Å². The van der Waals surface area contributed by atoms with E-state index in [1.165, 1.54) is 25.6 Å². The Bertz CT molecular complexity index is 383. The van der Waals surface area contributed by atoms with Gasteiger partial charge in [0.2, 0.25) is 0 Å². The first-order valence-corrected chi connectivity index (χ1v) is 5.71. The number of esters is 2. The molecule has 0 aliphatic rings. The van der Waals surface area contributed by atoms with Crippen molar-refractivity contribution in [2.24, 2.45) is 0 Å². The first-order chi connectivity index (χ1) is 7.63. The molecule has 1 aromatic heterocycles. The summed E-state index contributed by atoms with van der Waals surface area (Å²) in [6, 6.07) is 3.43. The number of thiophene rings is 1. The molecule has 0 amide bonds. The average molecular weight is 242 g/mol. The van der Waals surface area contributed by atoms with Crippen LogP contribution >= 0.6 is 11.3 Å². The van der Waals surface area contributed by atoms with Crippen molar-refractivity contribution < 1.29 is 19.1 Å². The molecule has 1 unspecified atom stereocenters. The molecule has 0 fully saturated rings. The molecule has 0 saturated carbocycles. The Balaban J connectivity index is 2.91. The highest BCUT2D eigenvalue weighted by Gasteiger charge is 2.22. The van der Waals surface area contributed by atoms with E-state index < -0.39 is 0 Å². The van der Waals surface area contributed by atoms with E-state index in [0.29, 0.717) is 11.3 Å². The zero-order valence-electron chi connectivity index (χ0n) is 9.48. The largest absolute Gasteiger partial charge is 0.469 e. The minimum Gasteiger partial charge on any atom is -0.469 e. The van der Waals surface area contributed by atoms with Crippen LogP contribution in [0.15, 0.2) is 12.1 Å². The van der Waals surface area contributed by atoms with Crippen molar-refractivity contribution in [1.82, 2.24) is 0 Å². The van der Waals surface area contributed by atoms with Crippen molar-refractivity contribution >= 4 is 23.3 Å². The molecule has 5 heteroatoms. The van der Waals surface area contributed by atoms with Crippen molar-refractivity contribution in [3.8, 4) is 0 Å². The van der Waals surface area contributed by atoms with E-state index in [2.05, 4.69) is 4.74 Å². The number of rotatable bonds is 4. The fourth-order valence-corrected chi connectivity index (χ4v) is 2.47. The van der Waals surface area contributed by atoms with Crippen LogP contribution in [0.5, 0.6) is 0 Å². The van der Waals surface area contributed by atoms with E-state index in [1.807, 2.05) is 6.92 Å². The third-order valence-electron chi connectivity index (χ3n) is 2.25. The minimum absolute atomic E-state index is 0.277. The van der Waals surface area contributed by atoms with Crippen molar-refractivity contribution in [2.45, 2.75) is 19.3 Å². The molecule has 0 aromatic carbocycles. The maximum absolute atomic E-state index is 11.5. The summed E-state index contributed by atoms with van der Waals surface area (Å²) in [6.07, 6.45) is 0.647. The van der Waals surface area contributed by atoms with Gasteiger partial charge in [0.1, 0.15) is 4.88 Å². The Morgan fingerprint density at radius 2 is 2.00 bits per heavy atom. The van der Waals surface area contributed by atoms with Gasteiger partial charge in [-0.2, -0.15) is 0 Å². The summed E-state index contributed by atoms with van der Waals surface area (Å²) in [5.41, 5.74) is 0. The van der Waals surface area contributed by atoms with Crippen LogP contribution < -0.4 is 0 Å². The lowest BCUT2D eigenvalue weighted by Crippen LogP contribution is -2.11. The lowest BCUT2D eigenvalue weighted by atomic mass is 10.1. The maximum atomic E-state index is 11.5. The molecule has 0 aliphatic carbocycles. The standard InChI is InChI=1S/C11H14O4S/c1-4-7(10(12)14-2)8-5-6-9(16-8)11(13)15-3/h5-7H,4H2,1-3H3. The molecule has 0 radical (unpaired) electrons. The van der Waals surface area contributed by atoms with Crippen molar-refractivity contribution in [3.05, 3.63) is 21.9 Å². The SMILES string of the molecule is CCC(C(=O)OC)c1ccc(C(=O)OC)s1. The van der Waals surface area contributed by atoms with Crippen LogP contribution in [0.3, 0.4) is 0 Å². The summed E-state index contributed by atoms with van der Waals surface area (Å²) >= 11 is 1.27. The molecular weight excluding hydrogens is 228 g/mol. The smallest absolute Gasteiger partial charge is 0.348 e. The Kier molecular flexibility index (Phi) is 4.49. The number of carbonyl (C=O) groups excluding carboxylic acids is 2. The monoisotopic (exact) mass is 242 g/mol. The fraction of sp³-hybridized carbons (Fsp3) is 0.455. The predicted molar refractivity (Wildman–Crippen MR) is 60.7 cm³/mol. The van der Waals surface area contributed by atoms with E-state index >= 15 is 0 Å². The zero-order valence-corrected chi connectivity index (χ0v) is 10.3. The highest BCUT2D eigenvalue weighted by molar-refractivity contribution is 7.14. The number of carbonyl (C=O) groups is 2. The average Bonchev–Trinajstić information content (AvgIpc) is 2.78. The van der Waals surface area contributed by atoms with Gasteiger partial charge in [0, 0.05) is 4.88 Å². The van der Waals surface area contributed by atoms with Gasteiger partial charge in [0.25, 0.3) is 0 Å². The molecule has 1 heterocycles. The van der Waals surface area contributed by atoms with Gasteiger partial charge in [-0.1, -0.05) is 6.92 Å². The predicted octanol–water partition coefficient (Wildman–Crippen LogP) is 2.20. The number of hydrogen-bond acceptors (Lipinski definition) is 5. The van der Waals surface area contributed by atoms with Crippen LogP contribution in [0.25, 0.3) is 0 Å². The molecule has 0 aliphatic heterocycles. The van der Waals surface area contributed by atoms with E-state index in [0.717, 1.165) is 4.88 Å². The zero-order chi connectivity index (χ0) is 12.1. The Morgan fingerprint density at radius 3 is 2.50 bits per heavy atom. The first kappa shape index (κ1) is 12.7. The normalized spacial score (nSPS) is 11.9. The quantitative estimate of drug-likeness (QED) is 0.759. The summed E-state index contributed by atoms with van der Waals surface area (Å²) in [4.78, 5) is 24.0. The molecule has 0 N–H and O–H groups in total. The van der Waals surface area contributed by atoms with Crippen molar-refractivity contribution in [2.75, 3.05) is 14.2 Å². The fourth-order valence-electron chi connectivity index (χ4n) is 1.38. The lowest BCUT2D eigenvalue weighted by Gasteiger charge is -2.09. The summed E-state index contributed by atoms with van der Waals surface area (Å²) in [7, 11) is 2.69. The third-order valence-corrected chi connectivity index (χ3v) is 3.43. The van der Waals surface area contributed by atoms with Crippen LogP contribution in [-0.4, -0.2) is 26.2 Å². The molecule has 4 nitrogen and oxygen atoms in total. The van der Waals surface area contributed by atoms with Crippen LogP contribution in [0.4, 0.5) is 0 Å². The maximum Gasteiger partial charge on any atom is 0.348 e. The van der Waals surface area contributed by atoms with Crippen LogP contribution in [-0.2, 0) is 14.3 Å². The molecular formula is C11H14O4S. The first-order valence-electron chi connectivity index (χ1n) is 4.89. The topological polar surface area (TPSA) is 52.6 Å². The van der Waals surface area contributed by atoms with Gasteiger partial charge in [-0.05, 0) is 18.6 Å². The van der Waals surface area contributed by atoms with Crippen LogP contribution in [0.1, 0.15) is 33.8 Å². The lowest BCUT2D eigenvalue weighted by molar-refractivity contribution is -0.142. The summed E-state index contributed by atoms with van der Waals surface area (Å²) in [5, 5.41) is 0. The van der Waals surface area contributed by atoms with E-state index in [-0.39, 0.29) is 17.9 Å². The Morgan fingerprint density at radius 1 is 1.31 bits per heavy atom. The van der Waals surface area contributed by atoms with Gasteiger partial charge >= 0.3 is 11.9 Å². The molecule has 1 atom stereocenters. The van der Waals surface area contributed by atoms with Gasteiger partial charge in [-0.25, -0.2) is 4.79 Å². The van der Waals surface area contributed by atoms with E-state index in [9.17, 15) is 9.59 Å². The van der Waals surface area contributed by atoms with Gasteiger partial charge in [-0.15, -0.1) is 11.3 Å². The number of ether oxygens (including phenoxy) is 2. The minimum atomic E-state index is -0.379. The Hall–Kier alpha value is -1.36. The molecule has 88 valence electrons. The summed E-state index contributed by atoms with van der Waals surface area (Å²) in [6.45, 7) is 1.90. The van der Waals surface area contributed by atoms with Gasteiger partial charge in [0.15, 0.2) is 0 Å². The van der Waals surface area contributed by atoms with Crippen molar-refractivity contribution in [3.63, 3.8) is 0 Å². The van der Waals surface area contributed by atoms with Gasteiger partial charge in [-0.3, -0.25) is 4.79 Å². The molecule has 1 rings (SSSR count). The van der Waals surface area contributed by atoms with Crippen LogP contribution in [0.2, 0.25) is 0 Å². The molecule has 1 aromatic rings. The summed E-state index contributed by atoms with van der Waals surface area (Å²) in [5.74, 6) is -0.954. The number of hydrogen-bond donors (Lipinski definition) is 0. The van der Waals surface area contributed by atoms with Crippen LogP contribution in [0, 0.1) is 0 Å². The molecule has 0 spiro atoms. The molecule has 16 heavy (non-hydrogen) atoms. The second kappa shape index (κ2) is 5.65. The second-order valence-electron chi connectivity index (χ2n) is 3.18. The van der Waals surface area contributed by atoms with Gasteiger partial charge in [0.05, 0.1) is 20.1 Å². The number of methoxy groups -OCH3 is 2. The second-order valence-corrected chi connectivity index (χ2v) is 4.29. The molecule has 0 bridgehead atoms. The molecule has 0 saturated heterocycles. The van der Waals surface area contributed by atoms with E-state index in [4.69, 9.17) is 4.74 Å². The Labute approximate surface area is 98.2 Å². The highest BCUT2D eigenvalue weighted by Crippen LogP contribution is 2.28. The van der Waals surface area contributed by atoms with Crippen molar-refractivity contribution in [1.29, 1.82) is 0 Å².